The van der Waals surface area contributed by atoms with Crippen LogP contribution in [0.15, 0.2) is 39.9 Å². The first kappa shape index (κ1) is 18.9. The Balaban J connectivity index is 1.75. The van der Waals surface area contributed by atoms with Gasteiger partial charge in [0.15, 0.2) is 11.2 Å². The molecule has 8 heteroatoms. The van der Waals surface area contributed by atoms with Gasteiger partial charge in [-0.2, -0.15) is 4.98 Å². The first-order chi connectivity index (χ1) is 14.5. The minimum Gasteiger partial charge on any atom is -0.376 e. The number of imidazole rings is 2. The Morgan fingerprint density at radius 2 is 1.87 bits per heavy atom. The van der Waals surface area contributed by atoms with Crippen molar-refractivity contribution in [2.75, 3.05) is 6.61 Å². The molecule has 1 unspecified atom stereocenters. The lowest BCUT2D eigenvalue weighted by atomic mass is 10.2. The van der Waals surface area contributed by atoms with Gasteiger partial charge >= 0.3 is 5.69 Å². The van der Waals surface area contributed by atoms with Gasteiger partial charge in [-0.05, 0) is 32.3 Å². The van der Waals surface area contributed by atoms with Gasteiger partial charge in [-0.25, -0.2) is 4.79 Å². The number of fused-ring (bicyclic) bond motifs is 3. The second kappa shape index (κ2) is 6.98. The number of ether oxygens (including phenoxy) is 1. The molecule has 1 aliphatic heterocycles. The van der Waals surface area contributed by atoms with E-state index in [4.69, 9.17) is 9.72 Å². The van der Waals surface area contributed by atoms with Crippen LogP contribution in [-0.4, -0.2) is 35.8 Å². The molecule has 1 fully saturated rings. The summed E-state index contributed by atoms with van der Waals surface area (Å²) in [6.45, 7) is 5.73. The monoisotopic (exact) mass is 407 g/mol. The topological polar surface area (TPSA) is 75.5 Å². The van der Waals surface area contributed by atoms with Gasteiger partial charge in [0.2, 0.25) is 5.78 Å². The van der Waals surface area contributed by atoms with E-state index in [1.807, 2.05) is 48.6 Å². The molecule has 0 amide bonds. The number of aromatic nitrogens is 5. The Morgan fingerprint density at radius 1 is 1.10 bits per heavy atom. The highest BCUT2D eigenvalue weighted by Crippen LogP contribution is 2.23. The summed E-state index contributed by atoms with van der Waals surface area (Å²) in [5, 5.41) is 0. The summed E-state index contributed by atoms with van der Waals surface area (Å²) in [5.41, 5.74) is 3.08. The van der Waals surface area contributed by atoms with Gasteiger partial charge in [0.1, 0.15) is 0 Å². The third kappa shape index (κ3) is 2.74. The summed E-state index contributed by atoms with van der Waals surface area (Å²) in [5.74, 6) is 0.681. The van der Waals surface area contributed by atoms with Crippen LogP contribution >= 0.6 is 0 Å². The predicted molar refractivity (Wildman–Crippen MR) is 114 cm³/mol. The Hall–Kier alpha value is -3.13. The summed E-state index contributed by atoms with van der Waals surface area (Å²) >= 11 is 0. The highest BCUT2D eigenvalue weighted by atomic mass is 16.5. The van der Waals surface area contributed by atoms with Gasteiger partial charge in [-0.15, -0.1) is 0 Å². The van der Waals surface area contributed by atoms with Crippen molar-refractivity contribution >= 4 is 16.9 Å². The van der Waals surface area contributed by atoms with E-state index in [-0.39, 0.29) is 23.9 Å². The lowest BCUT2D eigenvalue weighted by molar-refractivity contribution is 0.0974. The number of nitrogens with zero attached hydrogens (tertiary/aromatic N) is 5. The van der Waals surface area contributed by atoms with Crippen molar-refractivity contribution in [1.29, 1.82) is 0 Å². The van der Waals surface area contributed by atoms with Crippen molar-refractivity contribution in [2.45, 2.75) is 45.9 Å². The minimum atomic E-state index is -0.364. The molecule has 1 saturated heterocycles. The zero-order chi connectivity index (χ0) is 21.0. The Morgan fingerprint density at radius 3 is 2.57 bits per heavy atom. The lowest BCUT2D eigenvalue weighted by Crippen LogP contribution is -2.39. The van der Waals surface area contributed by atoms with Crippen LogP contribution in [0.25, 0.3) is 16.9 Å². The standard InChI is InChI=1S/C22H25N5O3/c1-14-15(2)27-18-19(23-21(27)25(14)13-17-10-7-11-30-17)24(3)22(29)26(20(18)28)12-16-8-5-4-6-9-16/h4-6,8-9,17H,7,10-13H2,1-3H3. The normalized spacial score (nSPS) is 16.8. The molecule has 4 heterocycles. The Bertz CT molecular complexity index is 1370. The van der Waals surface area contributed by atoms with Crippen LogP contribution in [-0.2, 0) is 24.9 Å². The molecule has 8 nitrogen and oxygen atoms in total. The molecule has 0 spiro atoms. The van der Waals surface area contributed by atoms with Gasteiger partial charge in [0.05, 0.1) is 19.2 Å². The fourth-order valence-corrected chi connectivity index (χ4v) is 4.43. The molecular formula is C22H25N5O3. The summed E-state index contributed by atoms with van der Waals surface area (Å²) < 4.78 is 12.6. The van der Waals surface area contributed by atoms with Crippen LogP contribution in [0.4, 0.5) is 0 Å². The van der Waals surface area contributed by atoms with E-state index in [1.54, 1.807) is 7.05 Å². The second-order valence-electron chi connectivity index (χ2n) is 8.05. The van der Waals surface area contributed by atoms with Gasteiger partial charge in [-0.3, -0.25) is 18.3 Å². The molecule has 0 N–H and O–H groups in total. The van der Waals surface area contributed by atoms with Crippen molar-refractivity contribution < 1.29 is 4.74 Å². The third-order valence-corrected chi connectivity index (χ3v) is 6.22. The first-order valence-electron chi connectivity index (χ1n) is 10.3. The molecule has 1 atom stereocenters. The van der Waals surface area contributed by atoms with Gasteiger partial charge in [-0.1, -0.05) is 30.3 Å². The quantitative estimate of drug-likeness (QED) is 0.519. The number of rotatable bonds is 4. The second-order valence-corrected chi connectivity index (χ2v) is 8.05. The summed E-state index contributed by atoms with van der Waals surface area (Å²) in [6.07, 6.45) is 2.23. The van der Waals surface area contributed by atoms with Crippen LogP contribution in [0.5, 0.6) is 0 Å². The van der Waals surface area contributed by atoms with E-state index in [0.29, 0.717) is 23.5 Å². The van der Waals surface area contributed by atoms with Crippen LogP contribution in [0.2, 0.25) is 0 Å². The van der Waals surface area contributed by atoms with E-state index in [1.165, 1.54) is 9.13 Å². The third-order valence-electron chi connectivity index (χ3n) is 6.22. The van der Waals surface area contributed by atoms with E-state index in [2.05, 4.69) is 4.57 Å². The summed E-state index contributed by atoms with van der Waals surface area (Å²) in [4.78, 5) is 31.2. The van der Waals surface area contributed by atoms with E-state index < -0.39 is 0 Å². The molecule has 30 heavy (non-hydrogen) atoms. The highest BCUT2D eigenvalue weighted by molar-refractivity contribution is 5.76. The highest BCUT2D eigenvalue weighted by Gasteiger charge is 2.25. The van der Waals surface area contributed by atoms with Crippen LogP contribution < -0.4 is 11.2 Å². The van der Waals surface area contributed by atoms with Gasteiger partial charge < -0.3 is 9.30 Å². The molecule has 1 aromatic carbocycles. The zero-order valence-electron chi connectivity index (χ0n) is 17.5. The molecular weight excluding hydrogens is 382 g/mol. The number of benzene rings is 1. The van der Waals surface area contributed by atoms with Crippen LogP contribution in [0.3, 0.4) is 0 Å². The van der Waals surface area contributed by atoms with Crippen molar-refractivity contribution in [3.63, 3.8) is 0 Å². The first-order valence-corrected chi connectivity index (χ1v) is 10.3. The minimum absolute atomic E-state index is 0.151. The SMILES string of the molecule is Cc1c(C)n2c3c(=O)n(Cc4ccccc4)c(=O)n(C)c3nc2n1CC1CCCO1. The molecule has 0 aliphatic carbocycles. The van der Waals surface area contributed by atoms with Crippen LogP contribution in [0.1, 0.15) is 29.8 Å². The fourth-order valence-electron chi connectivity index (χ4n) is 4.43. The van der Waals surface area contributed by atoms with E-state index in [9.17, 15) is 9.59 Å². The van der Waals surface area contributed by atoms with Crippen LogP contribution in [0, 0.1) is 13.8 Å². The largest absolute Gasteiger partial charge is 0.376 e. The average molecular weight is 407 g/mol. The number of hydrogen-bond donors (Lipinski definition) is 0. The Labute approximate surface area is 173 Å². The van der Waals surface area contributed by atoms with E-state index in [0.717, 1.165) is 36.4 Å². The van der Waals surface area contributed by atoms with Crippen molar-refractivity contribution in [3.8, 4) is 0 Å². The maximum atomic E-state index is 13.5. The molecule has 156 valence electrons. The van der Waals surface area contributed by atoms with Crippen molar-refractivity contribution in [1.82, 2.24) is 23.1 Å². The molecule has 0 radical (unpaired) electrons. The lowest BCUT2D eigenvalue weighted by Gasteiger charge is -2.12. The molecule has 0 saturated carbocycles. The fraction of sp³-hybridized carbons (Fsp3) is 0.409. The van der Waals surface area contributed by atoms with Gasteiger partial charge in [0.25, 0.3) is 5.56 Å². The molecule has 5 rings (SSSR count). The predicted octanol–water partition coefficient (Wildman–Crippen LogP) is 1.99. The number of hydrogen-bond acceptors (Lipinski definition) is 4. The average Bonchev–Trinajstić information content (AvgIpc) is 3.45. The maximum absolute atomic E-state index is 13.5. The molecule has 3 aromatic heterocycles. The summed E-state index contributed by atoms with van der Waals surface area (Å²) in [6, 6.07) is 9.54. The molecule has 1 aliphatic rings. The summed E-state index contributed by atoms with van der Waals surface area (Å²) in [7, 11) is 1.67. The molecule has 0 bridgehead atoms. The van der Waals surface area contributed by atoms with Crippen molar-refractivity contribution in [3.05, 3.63) is 68.1 Å². The zero-order valence-corrected chi connectivity index (χ0v) is 17.5. The van der Waals surface area contributed by atoms with Gasteiger partial charge in [0, 0.05) is 25.0 Å². The number of aryl methyl sites for hydroxylation is 2. The Kier molecular flexibility index (Phi) is 4.39. The van der Waals surface area contributed by atoms with Crippen molar-refractivity contribution in [2.24, 2.45) is 7.05 Å². The van der Waals surface area contributed by atoms with E-state index >= 15 is 0 Å². The maximum Gasteiger partial charge on any atom is 0.332 e. The smallest absolute Gasteiger partial charge is 0.332 e. The molecule has 4 aromatic rings.